The Bertz CT molecular complexity index is 1020. The van der Waals surface area contributed by atoms with Crippen molar-refractivity contribution in [1.82, 2.24) is 4.57 Å². The highest BCUT2D eigenvalue weighted by Gasteiger charge is 2.35. The number of nitriles is 1. The highest BCUT2D eigenvalue weighted by Crippen LogP contribution is 2.42. The van der Waals surface area contributed by atoms with E-state index < -0.39 is 5.92 Å². The molecule has 0 aliphatic carbocycles. The Morgan fingerprint density at radius 3 is 2.70 bits per heavy atom. The number of nitrogens with one attached hydrogen (secondary N) is 1. The van der Waals surface area contributed by atoms with Crippen LogP contribution in [0, 0.1) is 18.3 Å². The summed E-state index contributed by atoms with van der Waals surface area (Å²) in [5.74, 6) is -0.268. The SMILES string of the molecule is Cc1cc2c(c(=O)n1CC[NH+](C)C)[C@@H](c1ccccc1Cl)C(C#N)=C(N)O2. The van der Waals surface area contributed by atoms with E-state index in [4.69, 9.17) is 22.1 Å². The number of nitrogens with two attached hydrogens (primary N) is 1. The zero-order chi connectivity index (χ0) is 19.7. The van der Waals surface area contributed by atoms with Gasteiger partial charge >= 0.3 is 0 Å². The van der Waals surface area contributed by atoms with Crippen molar-refractivity contribution in [2.24, 2.45) is 5.73 Å². The molecule has 7 heteroatoms. The second-order valence-corrected chi connectivity index (χ2v) is 7.33. The Hall–Kier alpha value is -2.75. The molecule has 3 N–H and O–H groups in total. The number of likely N-dealkylation sites (N-methyl/N-ethyl adjacent to an activating group) is 1. The monoisotopic (exact) mass is 385 g/mol. The van der Waals surface area contributed by atoms with Crippen LogP contribution in [0.3, 0.4) is 0 Å². The van der Waals surface area contributed by atoms with E-state index in [0.717, 1.165) is 12.2 Å². The number of fused-ring (bicyclic) bond motifs is 1. The molecule has 2 aromatic rings. The molecule has 0 saturated heterocycles. The Morgan fingerprint density at radius 1 is 1.37 bits per heavy atom. The lowest BCUT2D eigenvalue weighted by Gasteiger charge is -2.27. The first-order chi connectivity index (χ1) is 12.8. The van der Waals surface area contributed by atoms with E-state index in [2.05, 4.69) is 6.07 Å². The molecule has 0 saturated carbocycles. The van der Waals surface area contributed by atoms with Crippen LogP contribution in [0.1, 0.15) is 22.7 Å². The number of halogens is 1. The molecule has 1 aliphatic heterocycles. The molecular weight excluding hydrogens is 364 g/mol. The Morgan fingerprint density at radius 2 is 2.07 bits per heavy atom. The molecule has 6 nitrogen and oxygen atoms in total. The van der Waals surface area contributed by atoms with Gasteiger partial charge in [-0.1, -0.05) is 29.8 Å². The van der Waals surface area contributed by atoms with Crippen molar-refractivity contribution in [2.45, 2.75) is 19.4 Å². The van der Waals surface area contributed by atoms with Crippen molar-refractivity contribution < 1.29 is 9.64 Å². The number of aryl methyl sites for hydroxylation is 1. The molecule has 0 radical (unpaired) electrons. The number of rotatable bonds is 4. The summed E-state index contributed by atoms with van der Waals surface area (Å²) in [5.41, 5.74) is 7.85. The number of nitrogens with zero attached hydrogens (tertiary/aromatic N) is 2. The van der Waals surface area contributed by atoms with Crippen molar-refractivity contribution >= 4 is 11.6 Å². The molecule has 0 amide bonds. The zero-order valence-electron chi connectivity index (χ0n) is 15.5. The summed E-state index contributed by atoms with van der Waals surface area (Å²) >= 11 is 6.39. The molecular formula is C20H22ClN4O2+. The van der Waals surface area contributed by atoms with E-state index in [0.29, 0.717) is 28.4 Å². The first kappa shape index (κ1) is 19.0. The van der Waals surface area contributed by atoms with Crippen LogP contribution in [-0.2, 0) is 6.54 Å². The smallest absolute Gasteiger partial charge is 0.258 e. The van der Waals surface area contributed by atoms with Gasteiger partial charge in [0.1, 0.15) is 17.4 Å². The zero-order valence-corrected chi connectivity index (χ0v) is 16.3. The number of hydrogen-bond donors (Lipinski definition) is 2. The van der Waals surface area contributed by atoms with Gasteiger partial charge in [-0.2, -0.15) is 5.26 Å². The molecule has 0 fully saturated rings. The van der Waals surface area contributed by atoms with E-state index in [1.165, 1.54) is 4.90 Å². The molecule has 0 spiro atoms. The fourth-order valence-corrected chi connectivity index (χ4v) is 3.56. The fourth-order valence-electron chi connectivity index (χ4n) is 3.32. The van der Waals surface area contributed by atoms with Crippen molar-refractivity contribution in [3.8, 4) is 11.8 Å². The van der Waals surface area contributed by atoms with Crippen molar-refractivity contribution in [3.63, 3.8) is 0 Å². The van der Waals surface area contributed by atoms with Gasteiger partial charge in [0.05, 0.1) is 38.7 Å². The van der Waals surface area contributed by atoms with E-state index in [9.17, 15) is 10.1 Å². The number of ether oxygens (including phenoxy) is 1. The first-order valence-corrected chi connectivity index (χ1v) is 9.08. The fraction of sp³-hybridized carbons (Fsp3) is 0.300. The molecule has 1 aromatic heterocycles. The van der Waals surface area contributed by atoms with Crippen molar-refractivity contribution in [1.29, 1.82) is 5.26 Å². The van der Waals surface area contributed by atoms with Gasteiger partial charge < -0.3 is 19.9 Å². The number of allylic oxidation sites excluding steroid dienone is 1. The summed E-state index contributed by atoms with van der Waals surface area (Å²) in [4.78, 5) is 14.6. The summed E-state index contributed by atoms with van der Waals surface area (Å²) in [7, 11) is 4.07. The third-order valence-corrected chi connectivity index (χ3v) is 5.09. The standard InChI is InChI=1S/C20H21ClN4O2/c1-12-10-16-18(20(26)25(12)9-8-24(2)3)17(14(11-22)19(23)27-16)13-6-4-5-7-15(13)21/h4-7,10,17H,8-9,23H2,1-3H3/p+1/t17-/m0/s1. The third-order valence-electron chi connectivity index (χ3n) is 4.74. The highest BCUT2D eigenvalue weighted by atomic mass is 35.5. The van der Waals surface area contributed by atoms with Gasteiger partial charge in [-0.25, -0.2) is 0 Å². The third kappa shape index (κ3) is 3.44. The molecule has 1 atom stereocenters. The molecule has 0 bridgehead atoms. The number of benzene rings is 1. The van der Waals surface area contributed by atoms with Gasteiger partial charge in [-0.3, -0.25) is 4.79 Å². The van der Waals surface area contributed by atoms with E-state index in [-0.39, 0.29) is 17.0 Å². The second-order valence-electron chi connectivity index (χ2n) is 6.92. The lowest BCUT2D eigenvalue weighted by atomic mass is 9.84. The number of pyridine rings is 1. The Balaban J connectivity index is 2.26. The lowest BCUT2D eigenvalue weighted by molar-refractivity contribution is -0.858. The molecule has 3 rings (SSSR count). The van der Waals surface area contributed by atoms with Gasteiger partial charge in [0.2, 0.25) is 5.88 Å². The van der Waals surface area contributed by atoms with Crippen LogP contribution in [-0.4, -0.2) is 25.2 Å². The summed E-state index contributed by atoms with van der Waals surface area (Å²) in [5, 5.41) is 10.1. The van der Waals surface area contributed by atoms with Crippen LogP contribution in [0.15, 0.2) is 46.6 Å². The van der Waals surface area contributed by atoms with Crippen LogP contribution in [0.2, 0.25) is 5.02 Å². The van der Waals surface area contributed by atoms with Crippen LogP contribution in [0.5, 0.6) is 5.75 Å². The quantitative estimate of drug-likeness (QED) is 0.827. The Labute approximate surface area is 163 Å². The predicted molar refractivity (Wildman–Crippen MR) is 104 cm³/mol. The van der Waals surface area contributed by atoms with Crippen molar-refractivity contribution in [3.05, 3.63) is 74.0 Å². The minimum atomic E-state index is -0.654. The summed E-state index contributed by atoms with van der Waals surface area (Å²) in [6, 6.07) is 11.1. The van der Waals surface area contributed by atoms with E-state index in [1.54, 1.807) is 28.8 Å². The average Bonchev–Trinajstić information content (AvgIpc) is 2.60. The minimum absolute atomic E-state index is 0.00389. The number of quaternary nitrogens is 1. The topological polar surface area (TPSA) is 85.5 Å². The number of aromatic nitrogens is 1. The molecule has 1 aliphatic rings. The van der Waals surface area contributed by atoms with Gasteiger partial charge in [0.25, 0.3) is 5.56 Å². The molecule has 0 unspecified atom stereocenters. The van der Waals surface area contributed by atoms with Gasteiger partial charge in [-0.15, -0.1) is 0 Å². The first-order valence-electron chi connectivity index (χ1n) is 8.70. The van der Waals surface area contributed by atoms with E-state index in [1.807, 2.05) is 27.1 Å². The van der Waals surface area contributed by atoms with Crippen LogP contribution in [0.4, 0.5) is 0 Å². The molecule has 1 aromatic carbocycles. The predicted octanol–water partition coefficient (Wildman–Crippen LogP) is 1.17. The lowest BCUT2D eigenvalue weighted by Crippen LogP contribution is -3.06. The maximum atomic E-state index is 13.4. The molecule has 140 valence electrons. The van der Waals surface area contributed by atoms with Crippen LogP contribution in [0.25, 0.3) is 0 Å². The normalized spacial score (nSPS) is 16.1. The molecule has 27 heavy (non-hydrogen) atoms. The van der Waals surface area contributed by atoms with Gasteiger partial charge in [-0.05, 0) is 18.6 Å². The highest BCUT2D eigenvalue weighted by molar-refractivity contribution is 6.31. The maximum absolute atomic E-state index is 13.4. The second kappa shape index (κ2) is 7.47. The molecule has 2 heterocycles. The summed E-state index contributed by atoms with van der Waals surface area (Å²) < 4.78 is 7.36. The van der Waals surface area contributed by atoms with Gasteiger partial charge in [0.15, 0.2) is 0 Å². The Kier molecular flexibility index (Phi) is 5.26. The summed E-state index contributed by atoms with van der Waals surface area (Å²) in [6.07, 6.45) is 0. The maximum Gasteiger partial charge on any atom is 0.258 e. The van der Waals surface area contributed by atoms with E-state index >= 15 is 0 Å². The van der Waals surface area contributed by atoms with Crippen molar-refractivity contribution in [2.75, 3.05) is 20.6 Å². The number of hydrogen-bond acceptors (Lipinski definition) is 4. The van der Waals surface area contributed by atoms with Crippen LogP contribution < -0.4 is 20.9 Å². The summed E-state index contributed by atoms with van der Waals surface area (Å²) in [6.45, 7) is 3.22. The largest absolute Gasteiger partial charge is 0.440 e. The van der Waals surface area contributed by atoms with Gasteiger partial charge in [0, 0.05) is 16.8 Å². The average molecular weight is 386 g/mol. The van der Waals surface area contributed by atoms with Crippen LogP contribution >= 0.6 is 11.6 Å². The minimum Gasteiger partial charge on any atom is -0.440 e.